The first-order valence-electron chi connectivity index (χ1n) is 7.62. The van der Waals surface area contributed by atoms with Crippen LogP contribution in [0, 0.1) is 0 Å². The summed E-state index contributed by atoms with van der Waals surface area (Å²) in [4.78, 5) is 12.4. The number of carbonyl (C=O) groups excluding carboxylic acids is 1. The molecule has 3 rings (SSSR count). The Morgan fingerprint density at radius 2 is 1.92 bits per heavy atom. The quantitative estimate of drug-likeness (QED) is 0.918. The fraction of sp³-hybridized carbons (Fsp3) is 0.211. The van der Waals surface area contributed by atoms with Gasteiger partial charge in [0.2, 0.25) is 0 Å². The van der Waals surface area contributed by atoms with Gasteiger partial charge in [-0.2, -0.15) is 0 Å². The fourth-order valence-electron chi connectivity index (χ4n) is 2.49. The molecule has 0 aliphatic carbocycles. The van der Waals surface area contributed by atoms with Crippen LogP contribution in [-0.4, -0.2) is 26.7 Å². The Morgan fingerprint density at radius 1 is 1.12 bits per heavy atom. The summed E-state index contributed by atoms with van der Waals surface area (Å²) in [5.41, 5.74) is 2.40. The minimum Gasteiger partial charge on any atom is -0.497 e. The lowest BCUT2D eigenvalue weighted by molar-refractivity contribution is -0.117. The SMILES string of the molecule is COc1cccc(CNC(=O)C2=Cc3cc(OC)ccc3OC2)c1. The summed E-state index contributed by atoms with van der Waals surface area (Å²) in [5.74, 6) is 2.10. The summed E-state index contributed by atoms with van der Waals surface area (Å²) in [6.07, 6.45) is 1.84. The molecule has 5 heteroatoms. The molecule has 1 heterocycles. The van der Waals surface area contributed by atoms with E-state index in [0.29, 0.717) is 12.1 Å². The molecule has 0 aromatic heterocycles. The maximum absolute atomic E-state index is 12.4. The van der Waals surface area contributed by atoms with Gasteiger partial charge in [0, 0.05) is 12.1 Å². The second-order valence-electron chi connectivity index (χ2n) is 5.40. The van der Waals surface area contributed by atoms with E-state index < -0.39 is 0 Å². The Hall–Kier alpha value is -2.95. The standard InChI is InChI=1S/C19H19NO4/c1-22-16-5-3-4-13(8-16)11-20-19(21)15-9-14-10-17(23-2)6-7-18(14)24-12-15/h3-10H,11-12H2,1-2H3,(H,20,21). The van der Waals surface area contributed by atoms with Crippen molar-refractivity contribution in [3.05, 3.63) is 59.2 Å². The zero-order valence-corrected chi connectivity index (χ0v) is 13.7. The molecular weight excluding hydrogens is 306 g/mol. The minimum atomic E-state index is -0.147. The zero-order valence-electron chi connectivity index (χ0n) is 13.7. The Bertz CT molecular complexity index is 783. The maximum Gasteiger partial charge on any atom is 0.250 e. The zero-order chi connectivity index (χ0) is 16.9. The van der Waals surface area contributed by atoms with E-state index in [0.717, 1.165) is 28.4 Å². The van der Waals surface area contributed by atoms with E-state index in [9.17, 15) is 4.79 Å². The van der Waals surface area contributed by atoms with Crippen LogP contribution in [0.3, 0.4) is 0 Å². The second-order valence-corrected chi connectivity index (χ2v) is 5.40. The van der Waals surface area contributed by atoms with E-state index in [1.807, 2.05) is 48.5 Å². The Labute approximate surface area is 140 Å². The van der Waals surface area contributed by atoms with Crippen LogP contribution in [0.15, 0.2) is 48.0 Å². The van der Waals surface area contributed by atoms with Crippen molar-refractivity contribution in [2.45, 2.75) is 6.54 Å². The van der Waals surface area contributed by atoms with E-state index in [1.54, 1.807) is 14.2 Å². The lowest BCUT2D eigenvalue weighted by atomic mass is 10.1. The molecular formula is C19H19NO4. The van der Waals surface area contributed by atoms with Crippen molar-refractivity contribution in [1.82, 2.24) is 5.32 Å². The molecule has 0 radical (unpaired) electrons. The summed E-state index contributed by atoms with van der Waals surface area (Å²) >= 11 is 0. The van der Waals surface area contributed by atoms with E-state index in [-0.39, 0.29) is 12.5 Å². The summed E-state index contributed by atoms with van der Waals surface area (Å²) in [6.45, 7) is 0.682. The third-order valence-corrected chi connectivity index (χ3v) is 3.81. The molecule has 0 saturated heterocycles. The van der Waals surface area contributed by atoms with Crippen LogP contribution in [0.25, 0.3) is 6.08 Å². The van der Waals surface area contributed by atoms with Crippen LogP contribution < -0.4 is 19.5 Å². The molecule has 0 unspecified atom stereocenters. The van der Waals surface area contributed by atoms with Crippen molar-refractivity contribution in [2.75, 3.05) is 20.8 Å². The van der Waals surface area contributed by atoms with Gasteiger partial charge < -0.3 is 19.5 Å². The van der Waals surface area contributed by atoms with Gasteiger partial charge in [-0.3, -0.25) is 4.79 Å². The number of carbonyl (C=O) groups is 1. The van der Waals surface area contributed by atoms with E-state index in [4.69, 9.17) is 14.2 Å². The highest BCUT2D eigenvalue weighted by atomic mass is 16.5. The molecule has 1 aliphatic heterocycles. The number of nitrogens with one attached hydrogen (secondary N) is 1. The van der Waals surface area contributed by atoms with Gasteiger partial charge in [-0.1, -0.05) is 12.1 Å². The largest absolute Gasteiger partial charge is 0.497 e. The smallest absolute Gasteiger partial charge is 0.250 e. The molecule has 1 amide bonds. The average molecular weight is 325 g/mol. The normalized spacial score (nSPS) is 12.5. The van der Waals surface area contributed by atoms with Gasteiger partial charge in [-0.25, -0.2) is 0 Å². The van der Waals surface area contributed by atoms with Gasteiger partial charge >= 0.3 is 0 Å². The van der Waals surface area contributed by atoms with Crippen LogP contribution in [0.4, 0.5) is 0 Å². The van der Waals surface area contributed by atoms with Crippen molar-refractivity contribution in [3.8, 4) is 17.2 Å². The van der Waals surface area contributed by atoms with Crippen molar-refractivity contribution >= 4 is 12.0 Å². The molecule has 0 saturated carbocycles. The predicted octanol–water partition coefficient (Wildman–Crippen LogP) is 2.80. The van der Waals surface area contributed by atoms with Gasteiger partial charge in [0.1, 0.15) is 23.9 Å². The van der Waals surface area contributed by atoms with E-state index >= 15 is 0 Å². The summed E-state index contributed by atoms with van der Waals surface area (Å²) < 4.78 is 16.0. The highest BCUT2D eigenvalue weighted by Gasteiger charge is 2.17. The molecule has 2 aromatic rings. The molecule has 5 nitrogen and oxygen atoms in total. The Balaban J connectivity index is 1.69. The lowest BCUT2D eigenvalue weighted by Gasteiger charge is -2.18. The van der Waals surface area contributed by atoms with Gasteiger partial charge in [0.15, 0.2) is 0 Å². The first-order chi connectivity index (χ1) is 11.7. The van der Waals surface area contributed by atoms with Crippen molar-refractivity contribution in [3.63, 3.8) is 0 Å². The molecule has 2 aromatic carbocycles. The van der Waals surface area contributed by atoms with Gasteiger partial charge in [-0.05, 0) is 42.0 Å². The molecule has 124 valence electrons. The van der Waals surface area contributed by atoms with Crippen LogP contribution >= 0.6 is 0 Å². The van der Waals surface area contributed by atoms with Gasteiger partial charge in [-0.15, -0.1) is 0 Å². The van der Waals surface area contributed by atoms with E-state index in [2.05, 4.69) is 5.32 Å². The number of benzene rings is 2. The lowest BCUT2D eigenvalue weighted by Crippen LogP contribution is -2.28. The minimum absolute atomic E-state index is 0.147. The number of fused-ring (bicyclic) bond motifs is 1. The Kier molecular flexibility index (Phi) is 4.70. The van der Waals surface area contributed by atoms with Gasteiger partial charge in [0.25, 0.3) is 5.91 Å². The van der Waals surface area contributed by atoms with Crippen LogP contribution in [0.2, 0.25) is 0 Å². The number of ether oxygens (including phenoxy) is 3. The molecule has 24 heavy (non-hydrogen) atoms. The Morgan fingerprint density at radius 3 is 2.71 bits per heavy atom. The first-order valence-corrected chi connectivity index (χ1v) is 7.62. The molecule has 0 atom stereocenters. The predicted molar refractivity (Wildman–Crippen MR) is 91.3 cm³/mol. The van der Waals surface area contributed by atoms with Gasteiger partial charge in [0.05, 0.1) is 19.8 Å². The van der Waals surface area contributed by atoms with E-state index in [1.165, 1.54) is 0 Å². The monoisotopic (exact) mass is 325 g/mol. The van der Waals surface area contributed by atoms with Crippen LogP contribution in [-0.2, 0) is 11.3 Å². The second kappa shape index (κ2) is 7.08. The van der Waals surface area contributed by atoms with Crippen LogP contribution in [0.5, 0.6) is 17.2 Å². The molecule has 0 spiro atoms. The summed E-state index contributed by atoms with van der Waals surface area (Å²) in [5, 5.41) is 2.91. The molecule has 0 fully saturated rings. The number of amides is 1. The van der Waals surface area contributed by atoms with Crippen molar-refractivity contribution in [2.24, 2.45) is 0 Å². The third-order valence-electron chi connectivity index (χ3n) is 3.81. The molecule has 1 aliphatic rings. The topological polar surface area (TPSA) is 56.8 Å². The highest BCUT2D eigenvalue weighted by molar-refractivity contribution is 5.99. The highest BCUT2D eigenvalue weighted by Crippen LogP contribution is 2.29. The first kappa shape index (κ1) is 15.9. The number of methoxy groups -OCH3 is 2. The fourth-order valence-corrected chi connectivity index (χ4v) is 2.49. The van der Waals surface area contributed by atoms with Crippen molar-refractivity contribution < 1.29 is 19.0 Å². The summed E-state index contributed by atoms with van der Waals surface area (Å²) in [6, 6.07) is 13.1. The molecule has 0 bridgehead atoms. The number of hydrogen-bond donors (Lipinski definition) is 1. The number of rotatable bonds is 5. The maximum atomic E-state index is 12.4. The average Bonchev–Trinajstić information content (AvgIpc) is 2.65. The summed E-state index contributed by atoms with van der Waals surface area (Å²) in [7, 11) is 3.23. The third kappa shape index (κ3) is 3.51. The van der Waals surface area contributed by atoms with Crippen LogP contribution in [0.1, 0.15) is 11.1 Å². The van der Waals surface area contributed by atoms with Crippen molar-refractivity contribution in [1.29, 1.82) is 0 Å². The number of hydrogen-bond acceptors (Lipinski definition) is 4. The molecule has 1 N–H and O–H groups in total.